The van der Waals surface area contributed by atoms with Gasteiger partial charge in [-0.25, -0.2) is 4.98 Å². The van der Waals surface area contributed by atoms with Gasteiger partial charge in [0.1, 0.15) is 11.6 Å². The fourth-order valence-corrected chi connectivity index (χ4v) is 2.95. The topological polar surface area (TPSA) is 56.0 Å². The van der Waals surface area contributed by atoms with Crippen molar-refractivity contribution in [1.29, 1.82) is 0 Å². The molecule has 0 saturated carbocycles. The molecule has 1 fully saturated rings. The minimum atomic E-state index is 0.185. The smallest absolute Gasteiger partial charge is 0.150 e. The van der Waals surface area contributed by atoms with Crippen LogP contribution in [0, 0.1) is 0 Å². The van der Waals surface area contributed by atoms with Crippen molar-refractivity contribution in [3.63, 3.8) is 0 Å². The molecule has 1 saturated heterocycles. The standard InChI is InChI=1S/C11H14N2OS/c12-11-8(3-1-5-13-11)7-9(14)10-4-2-6-15-10/h1,3,5,10H,2,4,6-7H2,(H2,12,13). The zero-order chi connectivity index (χ0) is 10.7. The highest BCUT2D eigenvalue weighted by molar-refractivity contribution is 8.00. The predicted molar refractivity (Wildman–Crippen MR) is 62.8 cm³/mol. The summed E-state index contributed by atoms with van der Waals surface area (Å²) in [5, 5.41) is 0.185. The SMILES string of the molecule is Nc1ncccc1CC(=O)C1CCCS1. The van der Waals surface area contributed by atoms with E-state index < -0.39 is 0 Å². The van der Waals surface area contributed by atoms with Gasteiger partial charge < -0.3 is 5.73 Å². The first-order valence-corrected chi connectivity index (χ1v) is 6.16. The van der Waals surface area contributed by atoms with E-state index in [0.717, 1.165) is 24.2 Å². The molecule has 1 aliphatic heterocycles. The summed E-state index contributed by atoms with van der Waals surface area (Å²) >= 11 is 1.76. The lowest BCUT2D eigenvalue weighted by Gasteiger charge is -2.08. The molecule has 2 N–H and O–H groups in total. The maximum Gasteiger partial charge on any atom is 0.150 e. The summed E-state index contributed by atoms with van der Waals surface area (Å²) in [4.78, 5) is 15.8. The van der Waals surface area contributed by atoms with E-state index in [2.05, 4.69) is 4.98 Å². The molecule has 15 heavy (non-hydrogen) atoms. The Balaban J connectivity index is 2.02. The van der Waals surface area contributed by atoms with E-state index in [4.69, 9.17) is 5.73 Å². The number of thioether (sulfide) groups is 1. The molecule has 0 aromatic carbocycles. The highest BCUT2D eigenvalue weighted by Gasteiger charge is 2.23. The number of carbonyl (C=O) groups excluding carboxylic acids is 1. The van der Waals surface area contributed by atoms with Crippen molar-refractivity contribution in [3.05, 3.63) is 23.9 Å². The Labute approximate surface area is 93.5 Å². The summed E-state index contributed by atoms with van der Waals surface area (Å²) in [5.41, 5.74) is 6.55. The highest BCUT2D eigenvalue weighted by Crippen LogP contribution is 2.28. The molecule has 1 atom stereocenters. The van der Waals surface area contributed by atoms with Gasteiger partial charge in [-0.2, -0.15) is 11.8 Å². The number of nitrogens with zero attached hydrogens (tertiary/aromatic N) is 1. The summed E-state index contributed by atoms with van der Waals surface area (Å²) in [5.74, 6) is 1.88. The van der Waals surface area contributed by atoms with Crippen LogP contribution in [0.2, 0.25) is 0 Å². The van der Waals surface area contributed by atoms with Crippen molar-refractivity contribution in [2.75, 3.05) is 11.5 Å². The summed E-state index contributed by atoms with van der Waals surface area (Å²) in [7, 11) is 0. The molecule has 1 aromatic rings. The Morgan fingerprint density at radius 2 is 2.53 bits per heavy atom. The normalized spacial score (nSPS) is 20.4. The zero-order valence-electron chi connectivity index (χ0n) is 8.48. The Morgan fingerprint density at radius 1 is 1.67 bits per heavy atom. The molecule has 0 bridgehead atoms. The maximum atomic E-state index is 11.9. The number of aromatic nitrogens is 1. The lowest BCUT2D eigenvalue weighted by Crippen LogP contribution is -2.17. The van der Waals surface area contributed by atoms with E-state index >= 15 is 0 Å². The second-order valence-corrected chi connectivity index (χ2v) is 5.00. The first-order valence-electron chi connectivity index (χ1n) is 5.11. The van der Waals surface area contributed by atoms with Gasteiger partial charge >= 0.3 is 0 Å². The number of hydrogen-bond donors (Lipinski definition) is 1. The Morgan fingerprint density at radius 3 is 3.20 bits per heavy atom. The minimum absolute atomic E-state index is 0.185. The number of anilines is 1. The fraction of sp³-hybridized carbons (Fsp3) is 0.455. The van der Waals surface area contributed by atoms with Crippen molar-refractivity contribution in [2.24, 2.45) is 0 Å². The van der Waals surface area contributed by atoms with Crippen molar-refractivity contribution >= 4 is 23.4 Å². The van der Waals surface area contributed by atoms with Gasteiger partial charge in [0.25, 0.3) is 0 Å². The number of nitrogens with two attached hydrogens (primary N) is 1. The van der Waals surface area contributed by atoms with Crippen LogP contribution in [0.4, 0.5) is 5.82 Å². The van der Waals surface area contributed by atoms with Gasteiger partial charge in [0.15, 0.2) is 0 Å². The van der Waals surface area contributed by atoms with Gasteiger partial charge in [0.2, 0.25) is 0 Å². The molecule has 0 aliphatic carbocycles. The molecule has 2 rings (SSSR count). The van der Waals surface area contributed by atoms with Crippen LogP contribution in [0.3, 0.4) is 0 Å². The average molecular weight is 222 g/mol. The Hall–Kier alpha value is -1.03. The van der Waals surface area contributed by atoms with Crippen LogP contribution in [0.25, 0.3) is 0 Å². The van der Waals surface area contributed by atoms with E-state index in [1.54, 1.807) is 18.0 Å². The number of ketones is 1. The van der Waals surface area contributed by atoms with Crippen LogP contribution in [-0.2, 0) is 11.2 Å². The lowest BCUT2D eigenvalue weighted by atomic mass is 10.1. The predicted octanol–water partition coefficient (Wildman–Crippen LogP) is 1.67. The second kappa shape index (κ2) is 4.66. The highest BCUT2D eigenvalue weighted by atomic mass is 32.2. The molecule has 0 spiro atoms. The molecule has 1 aliphatic rings. The fourth-order valence-electron chi connectivity index (χ4n) is 1.73. The van der Waals surface area contributed by atoms with Crippen molar-refractivity contribution in [3.8, 4) is 0 Å². The van der Waals surface area contributed by atoms with Crippen LogP contribution >= 0.6 is 11.8 Å². The van der Waals surface area contributed by atoms with Crippen LogP contribution in [0.5, 0.6) is 0 Å². The molecule has 1 unspecified atom stereocenters. The third-order valence-corrected chi connectivity index (χ3v) is 4.00. The first-order chi connectivity index (χ1) is 7.27. The summed E-state index contributed by atoms with van der Waals surface area (Å²) in [6.07, 6.45) is 4.25. The van der Waals surface area contributed by atoms with Crippen molar-refractivity contribution in [2.45, 2.75) is 24.5 Å². The van der Waals surface area contributed by atoms with Crippen LogP contribution in [0.15, 0.2) is 18.3 Å². The molecule has 0 radical (unpaired) electrons. The molecule has 80 valence electrons. The minimum Gasteiger partial charge on any atom is -0.383 e. The molecule has 0 amide bonds. The molecule has 1 aromatic heterocycles. The van der Waals surface area contributed by atoms with Crippen LogP contribution < -0.4 is 5.73 Å². The van der Waals surface area contributed by atoms with E-state index in [-0.39, 0.29) is 11.0 Å². The van der Waals surface area contributed by atoms with E-state index in [1.807, 2.05) is 12.1 Å². The maximum absolute atomic E-state index is 11.9. The number of hydrogen-bond acceptors (Lipinski definition) is 4. The first kappa shape index (κ1) is 10.5. The summed E-state index contributed by atoms with van der Waals surface area (Å²) in [6, 6.07) is 3.70. The van der Waals surface area contributed by atoms with Crippen LogP contribution in [-0.4, -0.2) is 21.8 Å². The number of carbonyl (C=O) groups is 1. The Bertz CT molecular complexity index is 361. The Kier molecular flexibility index (Phi) is 3.26. The van der Waals surface area contributed by atoms with E-state index in [0.29, 0.717) is 12.2 Å². The van der Waals surface area contributed by atoms with Crippen molar-refractivity contribution in [1.82, 2.24) is 4.98 Å². The number of Topliss-reactive ketones (excluding diaryl/α,β-unsaturated/α-hetero) is 1. The van der Waals surface area contributed by atoms with Gasteiger partial charge in [-0.3, -0.25) is 4.79 Å². The quantitative estimate of drug-likeness (QED) is 0.845. The zero-order valence-corrected chi connectivity index (χ0v) is 9.30. The molecule has 3 nitrogen and oxygen atoms in total. The molecular formula is C11H14N2OS. The summed E-state index contributed by atoms with van der Waals surface area (Å²) < 4.78 is 0. The number of nitrogen functional groups attached to an aromatic ring is 1. The third-order valence-electron chi connectivity index (χ3n) is 2.58. The number of pyridine rings is 1. The van der Waals surface area contributed by atoms with Gasteiger partial charge in [0.05, 0.1) is 5.25 Å². The average Bonchev–Trinajstić information content (AvgIpc) is 2.74. The largest absolute Gasteiger partial charge is 0.383 e. The van der Waals surface area contributed by atoms with E-state index in [9.17, 15) is 4.79 Å². The molecule has 4 heteroatoms. The monoisotopic (exact) mass is 222 g/mol. The van der Waals surface area contributed by atoms with Gasteiger partial charge in [-0.05, 0) is 24.7 Å². The summed E-state index contributed by atoms with van der Waals surface area (Å²) in [6.45, 7) is 0. The number of rotatable bonds is 3. The lowest BCUT2D eigenvalue weighted by molar-refractivity contribution is -0.117. The second-order valence-electron chi connectivity index (χ2n) is 3.69. The molecular weight excluding hydrogens is 208 g/mol. The molecule has 2 heterocycles. The van der Waals surface area contributed by atoms with Crippen LogP contribution in [0.1, 0.15) is 18.4 Å². The van der Waals surface area contributed by atoms with Gasteiger partial charge in [-0.1, -0.05) is 6.07 Å². The van der Waals surface area contributed by atoms with Gasteiger partial charge in [0, 0.05) is 18.2 Å². The van der Waals surface area contributed by atoms with E-state index in [1.165, 1.54) is 0 Å². The van der Waals surface area contributed by atoms with Gasteiger partial charge in [-0.15, -0.1) is 0 Å². The van der Waals surface area contributed by atoms with Crippen molar-refractivity contribution < 1.29 is 4.79 Å². The third kappa shape index (κ3) is 2.50.